The number of ether oxygens (including phenoxy) is 1. The van der Waals surface area contributed by atoms with Gasteiger partial charge in [-0.1, -0.05) is 0 Å². The van der Waals surface area contributed by atoms with Crippen molar-refractivity contribution in [3.8, 4) is 0 Å². The standard InChI is InChI=1S/C15H22N4OS/c1-10(19-7-11(2)20-12(3)8-19)6-16-14-13-4-5-21-15(13)18-9-17-14/h4-5,9-12H,6-8H2,1-3H3,(H,16,17,18)/t10-,11-,12+/m1/s1. The monoisotopic (exact) mass is 306 g/mol. The van der Waals surface area contributed by atoms with E-state index in [1.165, 1.54) is 0 Å². The van der Waals surface area contributed by atoms with Crippen molar-refractivity contribution in [1.82, 2.24) is 14.9 Å². The quantitative estimate of drug-likeness (QED) is 0.941. The summed E-state index contributed by atoms with van der Waals surface area (Å²) >= 11 is 1.65. The van der Waals surface area contributed by atoms with E-state index in [-0.39, 0.29) is 0 Å². The highest BCUT2D eigenvalue weighted by Gasteiger charge is 2.25. The van der Waals surface area contributed by atoms with Gasteiger partial charge in [0.2, 0.25) is 0 Å². The van der Waals surface area contributed by atoms with Crippen LogP contribution in [0.1, 0.15) is 20.8 Å². The average Bonchev–Trinajstić information content (AvgIpc) is 2.92. The van der Waals surface area contributed by atoms with Crippen LogP contribution in [0.15, 0.2) is 17.8 Å². The summed E-state index contributed by atoms with van der Waals surface area (Å²) < 4.78 is 5.80. The van der Waals surface area contributed by atoms with E-state index in [2.05, 4.69) is 52.4 Å². The van der Waals surface area contributed by atoms with Crippen LogP contribution in [0.2, 0.25) is 0 Å². The molecule has 1 saturated heterocycles. The molecule has 3 rings (SSSR count). The van der Waals surface area contributed by atoms with Crippen LogP contribution in [0.4, 0.5) is 5.82 Å². The first-order valence-electron chi connectivity index (χ1n) is 7.45. The highest BCUT2D eigenvalue weighted by atomic mass is 32.1. The van der Waals surface area contributed by atoms with Gasteiger partial charge in [0.25, 0.3) is 0 Å². The van der Waals surface area contributed by atoms with Crippen molar-refractivity contribution in [2.45, 2.75) is 39.0 Å². The van der Waals surface area contributed by atoms with Crippen LogP contribution in [-0.4, -0.2) is 52.8 Å². The predicted octanol–water partition coefficient (Wildman–Crippen LogP) is 2.60. The lowest BCUT2D eigenvalue weighted by Crippen LogP contribution is -2.51. The second kappa shape index (κ2) is 6.25. The van der Waals surface area contributed by atoms with E-state index in [0.29, 0.717) is 18.2 Å². The van der Waals surface area contributed by atoms with Gasteiger partial charge in [0.15, 0.2) is 0 Å². The summed E-state index contributed by atoms with van der Waals surface area (Å²) in [6, 6.07) is 2.52. The zero-order chi connectivity index (χ0) is 14.8. The van der Waals surface area contributed by atoms with Gasteiger partial charge in [-0.3, -0.25) is 4.90 Å². The molecule has 5 nitrogen and oxygen atoms in total. The molecule has 1 aliphatic rings. The Morgan fingerprint density at radius 1 is 1.38 bits per heavy atom. The van der Waals surface area contributed by atoms with Gasteiger partial charge in [0.05, 0.1) is 17.6 Å². The first kappa shape index (κ1) is 14.7. The Bertz CT molecular complexity index is 592. The second-order valence-electron chi connectivity index (χ2n) is 5.80. The molecule has 0 aromatic carbocycles. The number of anilines is 1. The van der Waals surface area contributed by atoms with Crippen molar-refractivity contribution in [3.05, 3.63) is 17.8 Å². The lowest BCUT2D eigenvalue weighted by Gasteiger charge is -2.39. The molecule has 0 saturated carbocycles. The summed E-state index contributed by atoms with van der Waals surface area (Å²) in [6.07, 6.45) is 2.24. The molecule has 1 aliphatic heterocycles. The van der Waals surface area contributed by atoms with Crippen molar-refractivity contribution >= 4 is 27.4 Å². The van der Waals surface area contributed by atoms with E-state index in [0.717, 1.165) is 35.7 Å². The van der Waals surface area contributed by atoms with E-state index in [9.17, 15) is 0 Å². The molecule has 0 bridgehead atoms. The maximum absolute atomic E-state index is 5.80. The Balaban J connectivity index is 1.63. The minimum atomic E-state index is 0.304. The molecule has 2 aromatic rings. The number of rotatable bonds is 4. The van der Waals surface area contributed by atoms with Crippen LogP contribution in [-0.2, 0) is 4.74 Å². The molecular formula is C15H22N4OS. The van der Waals surface area contributed by atoms with Gasteiger partial charge in [0.1, 0.15) is 17.0 Å². The minimum absolute atomic E-state index is 0.304. The van der Waals surface area contributed by atoms with Gasteiger partial charge in [0, 0.05) is 25.7 Å². The molecule has 1 fully saturated rings. The van der Waals surface area contributed by atoms with Crippen molar-refractivity contribution < 1.29 is 4.74 Å². The molecule has 6 heteroatoms. The van der Waals surface area contributed by atoms with E-state index >= 15 is 0 Å². The summed E-state index contributed by atoms with van der Waals surface area (Å²) in [7, 11) is 0. The third-order valence-corrected chi connectivity index (χ3v) is 4.72. The number of nitrogens with one attached hydrogen (secondary N) is 1. The Morgan fingerprint density at radius 3 is 2.90 bits per heavy atom. The van der Waals surface area contributed by atoms with Crippen LogP contribution in [0.25, 0.3) is 10.2 Å². The molecule has 1 N–H and O–H groups in total. The van der Waals surface area contributed by atoms with Crippen molar-refractivity contribution in [2.75, 3.05) is 25.0 Å². The lowest BCUT2D eigenvalue weighted by atomic mass is 10.1. The van der Waals surface area contributed by atoms with Gasteiger partial charge in [-0.15, -0.1) is 11.3 Å². The van der Waals surface area contributed by atoms with Gasteiger partial charge >= 0.3 is 0 Å². The molecule has 0 unspecified atom stereocenters. The Labute approximate surface area is 129 Å². The molecule has 0 radical (unpaired) electrons. The van der Waals surface area contributed by atoms with Crippen molar-refractivity contribution in [2.24, 2.45) is 0 Å². The number of aromatic nitrogens is 2. The minimum Gasteiger partial charge on any atom is -0.373 e. The van der Waals surface area contributed by atoms with Crippen LogP contribution >= 0.6 is 11.3 Å². The highest BCUT2D eigenvalue weighted by molar-refractivity contribution is 7.16. The molecular weight excluding hydrogens is 284 g/mol. The molecule has 114 valence electrons. The zero-order valence-electron chi connectivity index (χ0n) is 12.7. The second-order valence-corrected chi connectivity index (χ2v) is 6.70. The summed E-state index contributed by atoms with van der Waals surface area (Å²) in [5, 5.41) is 6.64. The average molecular weight is 306 g/mol. The molecule has 3 heterocycles. The van der Waals surface area contributed by atoms with Crippen molar-refractivity contribution in [3.63, 3.8) is 0 Å². The Morgan fingerprint density at radius 2 is 2.14 bits per heavy atom. The number of hydrogen-bond donors (Lipinski definition) is 1. The highest BCUT2D eigenvalue weighted by Crippen LogP contribution is 2.24. The molecule has 0 spiro atoms. The van der Waals surface area contributed by atoms with Crippen LogP contribution in [0.3, 0.4) is 0 Å². The number of nitrogens with zero attached hydrogens (tertiary/aromatic N) is 3. The van der Waals surface area contributed by atoms with Crippen LogP contribution < -0.4 is 5.32 Å². The smallest absolute Gasteiger partial charge is 0.138 e. The van der Waals surface area contributed by atoms with Crippen molar-refractivity contribution in [1.29, 1.82) is 0 Å². The third-order valence-electron chi connectivity index (χ3n) is 3.90. The van der Waals surface area contributed by atoms with E-state index in [1.807, 2.05) is 0 Å². The molecule has 2 aromatic heterocycles. The number of morpholine rings is 1. The molecule has 3 atom stereocenters. The summed E-state index contributed by atoms with van der Waals surface area (Å²) in [6.45, 7) is 9.39. The van der Waals surface area contributed by atoms with E-state index < -0.39 is 0 Å². The Kier molecular flexibility index (Phi) is 4.37. The zero-order valence-corrected chi connectivity index (χ0v) is 13.6. The summed E-state index contributed by atoms with van der Waals surface area (Å²) in [4.78, 5) is 12.2. The largest absolute Gasteiger partial charge is 0.373 e. The molecule has 0 amide bonds. The number of fused-ring (bicyclic) bond motifs is 1. The van der Waals surface area contributed by atoms with Gasteiger partial charge < -0.3 is 10.1 Å². The molecule has 21 heavy (non-hydrogen) atoms. The van der Waals surface area contributed by atoms with Crippen LogP contribution in [0, 0.1) is 0 Å². The fourth-order valence-corrected chi connectivity index (χ4v) is 3.61. The molecule has 0 aliphatic carbocycles. The normalized spacial score (nSPS) is 25.1. The summed E-state index contributed by atoms with van der Waals surface area (Å²) in [5.74, 6) is 0.933. The third kappa shape index (κ3) is 3.33. The first-order chi connectivity index (χ1) is 10.1. The van der Waals surface area contributed by atoms with Gasteiger partial charge in [-0.05, 0) is 32.2 Å². The SMILES string of the molecule is C[C@@H]1CN([C@H](C)CNc2ncnc3sccc23)C[C@H](C)O1. The predicted molar refractivity (Wildman–Crippen MR) is 86.9 cm³/mol. The number of hydrogen-bond acceptors (Lipinski definition) is 6. The number of thiophene rings is 1. The first-order valence-corrected chi connectivity index (χ1v) is 8.33. The van der Waals surface area contributed by atoms with Gasteiger partial charge in [-0.25, -0.2) is 9.97 Å². The van der Waals surface area contributed by atoms with E-state index in [1.54, 1.807) is 17.7 Å². The lowest BCUT2D eigenvalue weighted by molar-refractivity contribution is -0.0769. The maximum atomic E-state index is 5.80. The maximum Gasteiger partial charge on any atom is 0.138 e. The topological polar surface area (TPSA) is 50.3 Å². The summed E-state index contributed by atoms with van der Waals surface area (Å²) in [5.41, 5.74) is 0. The fraction of sp³-hybridized carbons (Fsp3) is 0.600. The fourth-order valence-electron chi connectivity index (χ4n) is 2.88. The van der Waals surface area contributed by atoms with E-state index in [4.69, 9.17) is 4.74 Å². The Hall–Kier alpha value is -1.24. The van der Waals surface area contributed by atoms with Gasteiger partial charge in [-0.2, -0.15) is 0 Å². The van der Waals surface area contributed by atoms with Crippen LogP contribution in [0.5, 0.6) is 0 Å².